The highest BCUT2D eigenvalue weighted by atomic mass is 127. The molecule has 1 fully saturated rings. The number of nitrogens with zero attached hydrogens (tertiary/aromatic N) is 2. The minimum atomic E-state index is 0. The van der Waals surface area contributed by atoms with E-state index in [0.29, 0.717) is 6.04 Å². The van der Waals surface area contributed by atoms with Gasteiger partial charge in [0.2, 0.25) is 0 Å². The summed E-state index contributed by atoms with van der Waals surface area (Å²) in [6.45, 7) is 5.92. The molecule has 1 heterocycles. The molecule has 2 rings (SSSR count). The summed E-state index contributed by atoms with van der Waals surface area (Å²) in [6, 6.07) is 8.82. The van der Waals surface area contributed by atoms with Crippen LogP contribution in [0.25, 0.3) is 0 Å². The molecular formula is C18H31IN4O. The maximum absolute atomic E-state index is 5.18. The van der Waals surface area contributed by atoms with E-state index < -0.39 is 0 Å². The highest BCUT2D eigenvalue weighted by molar-refractivity contribution is 14.0. The van der Waals surface area contributed by atoms with Crippen LogP contribution in [0.1, 0.15) is 25.3 Å². The zero-order valence-corrected chi connectivity index (χ0v) is 17.4. The molecule has 0 spiro atoms. The minimum Gasteiger partial charge on any atom is -0.497 e. The average molecular weight is 446 g/mol. The van der Waals surface area contributed by atoms with Crippen LogP contribution in [-0.2, 0) is 6.42 Å². The van der Waals surface area contributed by atoms with Crippen LogP contribution in [0.15, 0.2) is 29.3 Å². The van der Waals surface area contributed by atoms with Crippen molar-refractivity contribution < 1.29 is 4.74 Å². The van der Waals surface area contributed by atoms with Crippen molar-refractivity contribution in [1.82, 2.24) is 15.5 Å². The number of hydrogen-bond acceptors (Lipinski definition) is 3. The molecule has 1 aromatic rings. The van der Waals surface area contributed by atoms with E-state index in [4.69, 9.17) is 9.73 Å². The number of nitrogens with one attached hydrogen (secondary N) is 2. The Morgan fingerprint density at radius 1 is 1.29 bits per heavy atom. The predicted octanol–water partition coefficient (Wildman–Crippen LogP) is 2.51. The minimum absolute atomic E-state index is 0. The van der Waals surface area contributed by atoms with Crippen molar-refractivity contribution in [1.29, 1.82) is 0 Å². The molecule has 0 aromatic heterocycles. The largest absolute Gasteiger partial charge is 0.497 e. The zero-order valence-electron chi connectivity index (χ0n) is 15.0. The Kier molecular flexibility index (Phi) is 10.1. The third-order valence-corrected chi connectivity index (χ3v) is 4.34. The number of aliphatic imine (C=N–C) groups is 1. The molecule has 1 saturated heterocycles. The Hall–Kier alpha value is -1.02. The van der Waals surface area contributed by atoms with E-state index in [1.165, 1.54) is 24.9 Å². The van der Waals surface area contributed by atoms with Crippen LogP contribution in [0.4, 0.5) is 0 Å². The number of benzene rings is 1. The van der Waals surface area contributed by atoms with Crippen LogP contribution >= 0.6 is 24.0 Å². The van der Waals surface area contributed by atoms with Gasteiger partial charge < -0.3 is 20.3 Å². The van der Waals surface area contributed by atoms with Gasteiger partial charge in [-0.3, -0.25) is 4.99 Å². The first kappa shape index (κ1) is 21.0. The smallest absolute Gasteiger partial charge is 0.191 e. The van der Waals surface area contributed by atoms with Crippen LogP contribution in [0.3, 0.4) is 0 Å². The van der Waals surface area contributed by atoms with Gasteiger partial charge in [0.25, 0.3) is 0 Å². The second-order valence-corrected chi connectivity index (χ2v) is 6.02. The van der Waals surface area contributed by atoms with E-state index in [1.807, 2.05) is 12.1 Å². The van der Waals surface area contributed by atoms with Gasteiger partial charge >= 0.3 is 0 Å². The van der Waals surface area contributed by atoms with Crippen LogP contribution in [0, 0.1) is 0 Å². The van der Waals surface area contributed by atoms with Crippen LogP contribution < -0.4 is 15.4 Å². The summed E-state index contributed by atoms with van der Waals surface area (Å²) < 4.78 is 5.18. The molecular weight excluding hydrogens is 415 g/mol. The number of likely N-dealkylation sites (N-methyl/N-ethyl adjacent to an activating group) is 1. The van der Waals surface area contributed by atoms with E-state index in [2.05, 4.69) is 41.6 Å². The molecule has 24 heavy (non-hydrogen) atoms. The van der Waals surface area contributed by atoms with Gasteiger partial charge in [-0.05, 0) is 57.5 Å². The number of likely N-dealkylation sites (tertiary alicyclic amines) is 1. The summed E-state index contributed by atoms with van der Waals surface area (Å²) in [6.07, 6.45) is 3.51. The Balaban J connectivity index is 0.00000288. The van der Waals surface area contributed by atoms with E-state index in [0.717, 1.165) is 37.8 Å². The molecule has 0 bridgehead atoms. The summed E-state index contributed by atoms with van der Waals surface area (Å²) in [5.41, 5.74) is 1.30. The number of halogens is 1. The fourth-order valence-electron chi connectivity index (χ4n) is 2.87. The molecule has 5 nitrogen and oxygen atoms in total. The second kappa shape index (κ2) is 11.5. The number of hydrogen-bond donors (Lipinski definition) is 2. The highest BCUT2D eigenvalue weighted by Gasteiger charge is 2.20. The highest BCUT2D eigenvalue weighted by Crippen LogP contribution is 2.14. The van der Waals surface area contributed by atoms with Crippen LogP contribution in [0.2, 0.25) is 0 Å². The molecule has 136 valence electrons. The first-order chi connectivity index (χ1) is 11.2. The fourth-order valence-corrected chi connectivity index (χ4v) is 2.87. The van der Waals surface area contributed by atoms with Gasteiger partial charge in [-0.2, -0.15) is 0 Å². The molecule has 0 saturated carbocycles. The SMILES string of the molecule is CCNC(=NCC1CCCN1C)NCCc1ccc(OC)cc1.I. The van der Waals surface area contributed by atoms with Crippen molar-refractivity contribution in [3.05, 3.63) is 29.8 Å². The van der Waals surface area contributed by atoms with E-state index in [-0.39, 0.29) is 24.0 Å². The number of methoxy groups -OCH3 is 1. The summed E-state index contributed by atoms with van der Waals surface area (Å²) in [7, 11) is 3.88. The first-order valence-corrected chi connectivity index (χ1v) is 8.58. The van der Waals surface area contributed by atoms with Crippen molar-refractivity contribution in [2.75, 3.05) is 40.3 Å². The van der Waals surface area contributed by atoms with Gasteiger partial charge in [-0.25, -0.2) is 0 Å². The number of guanidine groups is 1. The molecule has 6 heteroatoms. The van der Waals surface area contributed by atoms with E-state index in [1.54, 1.807) is 7.11 Å². The molecule has 2 N–H and O–H groups in total. The van der Waals surface area contributed by atoms with Gasteiger partial charge in [0, 0.05) is 19.1 Å². The Labute approximate surface area is 163 Å². The molecule has 0 amide bonds. The van der Waals surface area contributed by atoms with Crippen molar-refractivity contribution in [2.45, 2.75) is 32.2 Å². The summed E-state index contributed by atoms with van der Waals surface area (Å²) in [5.74, 6) is 1.82. The van der Waals surface area contributed by atoms with Crippen molar-refractivity contribution in [3.63, 3.8) is 0 Å². The van der Waals surface area contributed by atoms with Gasteiger partial charge in [0.15, 0.2) is 5.96 Å². The van der Waals surface area contributed by atoms with Crippen LogP contribution in [0.5, 0.6) is 5.75 Å². The molecule has 1 aromatic carbocycles. The van der Waals surface area contributed by atoms with Crippen molar-refractivity contribution >= 4 is 29.9 Å². The quantitative estimate of drug-likeness (QED) is 0.384. The third kappa shape index (κ3) is 6.84. The van der Waals surface area contributed by atoms with Gasteiger partial charge in [0.1, 0.15) is 5.75 Å². The van der Waals surface area contributed by atoms with Gasteiger partial charge in [-0.1, -0.05) is 12.1 Å². The summed E-state index contributed by atoms with van der Waals surface area (Å²) in [5, 5.41) is 6.75. The van der Waals surface area contributed by atoms with E-state index in [9.17, 15) is 0 Å². The van der Waals surface area contributed by atoms with Gasteiger partial charge in [0.05, 0.1) is 13.7 Å². The van der Waals surface area contributed by atoms with Crippen molar-refractivity contribution in [3.8, 4) is 5.75 Å². The molecule has 0 aliphatic carbocycles. The normalized spacial score (nSPS) is 18.1. The Morgan fingerprint density at radius 3 is 2.62 bits per heavy atom. The standard InChI is InChI=1S/C18H30N4O.HI/c1-4-19-18(21-14-16-6-5-13-22(16)2)20-12-11-15-7-9-17(23-3)10-8-15;/h7-10,16H,4-6,11-14H2,1-3H3,(H2,19,20,21);1H. The topological polar surface area (TPSA) is 48.9 Å². The lowest BCUT2D eigenvalue weighted by molar-refractivity contribution is 0.317. The lowest BCUT2D eigenvalue weighted by Crippen LogP contribution is -2.39. The zero-order chi connectivity index (χ0) is 16.5. The Bertz CT molecular complexity index is 492. The maximum Gasteiger partial charge on any atom is 0.191 e. The third-order valence-electron chi connectivity index (χ3n) is 4.34. The molecule has 1 aliphatic heterocycles. The summed E-state index contributed by atoms with van der Waals surface area (Å²) in [4.78, 5) is 7.14. The first-order valence-electron chi connectivity index (χ1n) is 8.58. The monoisotopic (exact) mass is 446 g/mol. The lowest BCUT2D eigenvalue weighted by atomic mass is 10.1. The molecule has 1 unspecified atom stereocenters. The lowest BCUT2D eigenvalue weighted by Gasteiger charge is -2.18. The van der Waals surface area contributed by atoms with Gasteiger partial charge in [-0.15, -0.1) is 24.0 Å². The second-order valence-electron chi connectivity index (χ2n) is 6.02. The number of ether oxygens (including phenoxy) is 1. The Morgan fingerprint density at radius 2 is 2.04 bits per heavy atom. The van der Waals surface area contributed by atoms with Crippen LogP contribution in [-0.4, -0.2) is 57.2 Å². The molecule has 1 atom stereocenters. The summed E-state index contributed by atoms with van der Waals surface area (Å²) >= 11 is 0. The average Bonchev–Trinajstić information content (AvgIpc) is 2.98. The number of rotatable bonds is 7. The molecule has 1 aliphatic rings. The maximum atomic E-state index is 5.18. The predicted molar refractivity (Wildman–Crippen MR) is 112 cm³/mol. The van der Waals surface area contributed by atoms with E-state index >= 15 is 0 Å². The molecule has 0 radical (unpaired) electrons. The van der Waals surface area contributed by atoms with Crippen molar-refractivity contribution in [2.24, 2.45) is 4.99 Å². The fraction of sp³-hybridized carbons (Fsp3) is 0.611.